The van der Waals surface area contributed by atoms with Crippen LogP contribution in [-0.2, 0) is 0 Å². The van der Waals surface area contributed by atoms with Gasteiger partial charge in [-0.05, 0) is 43.2 Å². The van der Waals surface area contributed by atoms with Crippen LogP contribution in [0.4, 0.5) is 14.6 Å². The first kappa shape index (κ1) is 18.1. The maximum Gasteiger partial charge on any atom is 0.251 e. The number of halogens is 2. The summed E-state index contributed by atoms with van der Waals surface area (Å²) in [5.74, 6) is -1.53. The summed E-state index contributed by atoms with van der Waals surface area (Å²) in [7, 11) is 0. The second kappa shape index (κ2) is 7.75. The number of pyridine rings is 1. The Bertz CT molecular complexity index is 968. The summed E-state index contributed by atoms with van der Waals surface area (Å²) in [6.07, 6.45) is 4.98. The van der Waals surface area contributed by atoms with Gasteiger partial charge in [0.25, 0.3) is 5.91 Å². The van der Waals surface area contributed by atoms with Crippen molar-refractivity contribution in [2.45, 2.75) is 18.9 Å². The van der Waals surface area contributed by atoms with Gasteiger partial charge in [-0.25, -0.2) is 8.78 Å². The van der Waals surface area contributed by atoms with Crippen LogP contribution in [0.25, 0.3) is 11.3 Å². The molecular formula is C20H19F2N5O. The molecule has 0 aliphatic carbocycles. The van der Waals surface area contributed by atoms with E-state index in [2.05, 4.69) is 25.4 Å². The molecule has 0 unspecified atom stereocenters. The third-order valence-electron chi connectivity index (χ3n) is 4.87. The van der Waals surface area contributed by atoms with Gasteiger partial charge in [0.15, 0.2) is 17.5 Å². The van der Waals surface area contributed by atoms with E-state index in [0.29, 0.717) is 0 Å². The van der Waals surface area contributed by atoms with Crippen LogP contribution < -0.4 is 10.2 Å². The molecule has 1 saturated heterocycles. The van der Waals surface area contributed by atoms with Gasteiger partial charge in [0.2, 0.25) is 0 Å². The maximum atomic E-state index is 13.3. The lowest BCUT2D eigenvalue weighted by Crippen LogP contribution is -2.44. The second-order valence-corrected chi connectivity index (χ2v) is 6.75. The number of nitrogens with one attached hydrogen (secondary N) is 2. The van der Waals surface area contributed by atoms with Crippen molar-refractivity contribution in [2.75, 3.05) is 18.0 Å². The summed E-state index contributed by atoms with van der Waals surface area (Å²) >= 11 is 0. The number of piperidine rings is 1. The van der Waals surface area contributed by atoms with E-state index in [1.54, 1.807) is 12.4 Å². The number of benzene rings is 1. The van der Waals surface area contributed by atoms with Gasteiger partial charge in [0.1, 0.15) is 0 Å². The minimum Gasteiger partial charge on any atom is -0.355 e. The van der Waals surface area contributed by atoms with Crippen LogP contribution >= 0.6 is 0 Å². The Kier molecular flexibility index (Phi) is 5.01. The zero-order valence-electron chi connectivity index (χ0n) is 15.0. The number of aromatic amines is 1. The lowest BCUT2D eigenvalue weighted by Gasteiger charge is -2.32. The predicted molar refractivity (Wildman–Crippen MR) is 101 cm³/mol. The molecule has 2 N–H and O–H groups in total. The lowest BCUT2D eigenvalue weighted by molar-refractivity contribution is 0.0930. The molecular weight excluding hydrogens is 364 g/mol. The van der Waals surface area contributed by atoms with E-state index in [0.717, 1.165) is 55.1 Å². The van der Waals surface area contributed by atoms with Crippen LogP contribution in [0.5, 0.6) is 0 Å². The van der Waals surface area contributed by atoms with Crippen LogP contribution in [0, 0.1) is 11.6 Å². The third kappa shape index (κ3) is 3.85. The van der Waals surface area contributed by atoms with Crippen LogP contribution in [-0.4, -0.2) is 40.2 Å². The fraction of sp³-hybridized carbons (Fsp3) is 0.250. The third-order valence-corrected chi connectivity index (χ3v) is 4.87. The zero-order valence-corrected chi connectivity index (χ0v) is 15.0. The summed E-state index contributed by atoms with van der Waals surface area (Å²) in [4.78, 5) is 18.5. The molecule has 28 heavy (non-hydrogen) atoms. The normalized spacial score (nSPS) is 14.9. The number of anilines is 1. The Balaban J connectivity index is 1.34. The van der Waals surface area contributed by atoms with Gasteiger partial charge < -0.3 is 10.2 Å². The Morgan fingerprint density at radius 2 is 1.96 bits per heavy atom. The minimum absolute atomic E-state index is 0.0198. The van der Waals surface area contributed by atoms with E-state index >= 15 is 0 Å². The summed E-state index contributed by atoms with van der Waals surface area (Å²) in [5.41, 5.74) is 1.99. The van der Waals surface area contributed by atoms with E-state index in [-0.39, 0.29) is 11.6 Å². The van der Waals surface area contributed by atoms with Crippen molar-refractivity contribution < 1.29 is 13.6 Å². The number of aromatic nitrogens is 3. The Hall–Kier alpha value is -3.29. The largest absolute Gasteiger partial charge is 0.355 e. The van der Waals surface area contributed by atoms with Crippen LogP contribution in [0.2, 0.25) is 0 Å². The van der Waals surface area contributed by atoms with E-state index in [1.165, 1.54) is 6.07 Å². The monoisotopic (exact) mass is 383 g/mol. The van der Waals surface area contributed by atoms with E-state index < -0.39 is 17.5 Å². The van der Waals surface area contributed by atoms with Gasteiger partial charge in [-0.3, -0.25) is 14.9 Å². The SMILES string of the molecule is O=C(NC1CCN(c2cc(-c3cccnc3)[nH]n2)CC1)c1ccc(F)c(F)c1. The molecule has 1 fully saturated rings. The summed E-state index contributed by atoms with van der Waals surface area (Å²) in [5, 5.41) is 10.3. The highest BCUT2D eigenvalue weighted by Gasteiger charge is 2.23. The van der Waals surface area contributed by atoms with E-state index in [9.17, 15) is 13.6 Å². The molecule has 0 atom stereocenters. The fourth-order valence-electron chi connectivity index (χ4n) is 3.30. The number of carbonyl (C=O) groups is 1. The van der Waals surface area contributed by atoms with Gasteiger partial charge >= 0.3 is 0 Å². The Morgan fingerprint density at radius 1 is 1.14 bits per heavy atom. The number of amides is 1. The minimum atomic E-state index is -1.02. The first-order valence-electron chi connectivity index (χ1n) is 9.07. The van der Waals surface area contributed by atoms with Crippen molar-refractivity contribution >= 4 is 11.7 Å². The lowest BCUT2D eigenvalue weighted by atomic mass is 10.0. The van der Waals surface area contributed by atoms with E-state index in [1.807, 2.05) is 18.2 Å². The molecule has 1 aliphatic rings. The first-order valence-corrected chi connectivity index (χ1v) is 9.07. The van der Waals surface area contributed by atoms with Crippen LogP contribution in [0.1, 0.15) is 23.2 Å². The van der Waals surface area contributed by atoms with Crippen molar-refractivity contribution in [1.82, 2.24) is 20.5 Å². The molecule has 3 aromatic rings. The summed E-state index contributed by atoms with van der Waals surface area (Å²) in [6, 6.07) is 8.97. The molecule has 6 nitrogen and oxygen atoms in total. The summed E-state index contributed by atoms with van der Waals surface area (Å²) < 4.78 is 26.3. The van der Waals surface area contributed by atoms with Crippen molar-refractivity contribution in [2.24, 2.45) is 0 Å². The average Bonchev–Trinajstić information content (AvgIpc) is 3.21. The molecule has 0 radical (unpaired) electrons. The molecule has 144 valence electrons. The summed E-state index contributed by atoms with van der Waals surface area (Å²) in [6.45, 7) is 1.47. The average molecular weight is 383 g/mol. The molecule has 2 aromatic heterocycles. The molecule has 0 spiro atoms. The van der Waals surface area contributed by atoms with Crippen molar-refractivity contribution in [3.63, 3.8) is 0 Å². The Morgan fingerprint density at radius 3 is 2.68 bits per heavy atom. The molecule has 1 aromatic carbocycles. The topological polar surface area (TPSA) is 73.9 Å². The highest BCUT2D eigenvalue weighted by molar-refractivity contribution is 5.94. The standard InChI is InChI=1S/C20H19F2N5O/c21-16-4-3-13(10-17(16)22)20(28)24-15-5-8-27(9-6-15)19-11-18(25-26-19)14-2-1-7-23-12-14/h1-4,7,10-12,15H,5-6,8-9H2,(H,24,28)(H,25,26). The fourth-order valence-corrected chi connectivity index (χ4v) is 3.30. The van der Waals surface area contributed by atoms with Crippen LogP contribution in [0.3, 0.4) is 0 Å². The highest BCUT2D eigenvalue weighted by atomic mass is 19.2. The molecule has 8 heteroatoms. The van der Waals surface area contributed by atoms with Crippen molar-refractivity contribution in [1.29, 1.82) is 0 Å². The maximum absolute atomic E-state index is 13.3. The van der Waals surface area contributed by atoms with Gasteiger partial charge in [0.05, 0.1) is 5.69 Å². The Labute approximate surface area is 160 Å². The molecule has 3 heterocycles. The quantitative estimate of drug-likeness (QED) is 0.726. The zero-order chi connectivity index (χ0) is 19.5. The number of hydrogen-bond donors (Lipinski definition) is 2. The van der Waals surface area contributed by atoms with Crippen molar-refractivity contribution in [3.8, 4) is 11.3 Å². The van der Waals surface area contributed by atoms with Gasteiger partial charge in [-0.15, -0.1) is 0 Å². The number of carbonyl (C=O) groups excluding carboxylic acids is 1. The smallest absolute Gasteiger partial charge is 0.251 e. The molecule has 1 aliphatic heterocycles. The number of hydrogen-bond acceptors (Lipinski definition) is 4. The number of nitrogens with zero attached hydrogens (tertiary/aromatic N) is 3. The molecule has 0 saturated carbocycles. The van der Waals surface area contributed by atoms with Crippen molar-refractivity contribution in [3.05, 3.63) is 66.0 Å². The van der Waals surface area contributed by atoms with Crippen LogP contribution in [0.15, 0.2) is 48.8 Å². The first-order chi connectivity index (χ1) is 13.6. The van der Waals surface area contributed by atoms with Gasteiger partial charge in [-0.1, -0.05) is 0 Å². The molecule has 0 bridgehead atoms. The number of H-pyrrole nitrogens is 1. The van der Waals surface area contributed by atoms with Gasteiger partial charge in [0, 0.05) is 48.7 Å². The molecule has 4 rings (SSSR count). The number of rotatable bonds is 4. The predicted octanol–water partition coefficient (Wildman–Crippen LogP) is 3.15. The highest BCUT2D eigenvalue weighted by Crippen LogP contribution is 2.23. The van der Waals surface area contributed by atoms with E-state index in [4.69, 9.17) is 0 Å². The molecule has 1 amide bonds. The van der Waals surface area contributed by atoms with Gasteiger partial charge in [-0.2, -0.15) is 5.10 Å². The second-order valence-electron chi connectivity index (χ2n) is 6.75.